The first-order chi connectivity index (χ1) is 15.5. The molecule has 3 fully saturated rings. The van der Waals surface area contributed by atoms with Gasteiger partial charge in [-0.3, -0.25) is 4.79 Å². The molecule has 2 amide bonds. The van der Waals surface area contributed by atoms with Crippen LogP contribution in [0.5, 0.6) is 0 Å². The van der Waals surface area contributed by atoms with Gasteiger partial charge in [0.25, 0.3) is 0 Å². The van der Waals surface area contributed by atoms with E-state index in [1.165, 1.54) is 17.5 Å². The van der Waals surface area contributed by atoms with Crippen LogP contribution in [0.15, 0.2) is 24.3 Å². The Labute approximate surface area is 191 Å². The van der Waals surface area contributed by atoms with Crippen LogP contribution in [-0.2, 0) is 21.5 Å². The van der Waals surface area contributed by atoms with E-state index in [0.717, 1.165) is 84.3 Å². The van der Waals surface area contributed by atoms with E-state index >= 15 is 0 Å². The van der Waals surface area contributed by atoms with Crippen molar-refractivity contribution in [3.63, 3.8) is 0 Å². The molecule has 4 aliphatic rings. The summed E-state index contributed by atoms with van der Waals surface area (Å²) in [5.74, 6) is 0.841. The van der Waals surface area contributed by atoms with Gasteiger partial charge in [-0.05, 0) is 75.1 Å². The maximum atomic E-state index is 12.3. The van der Waals surface area contributed by atoms with E-state index in [0.29, 0.717) is 5.92 Å². The molecule has 0 bridgehead atoms. The van der Waals surface area contributed by atoms with Gasteiger partial charge in [0.2, 0.25) is 5.91 Å². The molecule has 0 unspecified atom stereocenters. The number of hydrogen-bond acceptors (Lipinski definition) is 4. The molecule has 0 N–H and O–H groups in total. The maximum absolute atomic E-state index is 12.3. The van der Waals surface area contributed by atoms with Crippen LogP contribution in [-0.4, -0.2) is 72.1 Å². The van der Waals surface area contributed by atoms with E-state index in [2.05, 4.69) is 29.2 Å². The molecule has 0 atom stereocenters. The van der Waals surface area contributed by atoms with E-state index in [1.807, 2.05) is 9.80 Å². The molecule has 32 heavy (non-hydrogen) atoms. The highest BCUT2D eigenvalue weighted by molar-refractivity contribution is 5.74. The number of carbonyl (C=O) groups is 2. The molecule has 1 aromatic carbocycles. The second kappa shape index (κ2) is 9.05. The minimum Gasteiger partial charge on any atom is -0.446 e. The van der Waals surface area contributed by atoms with Gasteiger partial charge >= 0.3 is 6.09 Å². The van der Waals surface area contributed by atoms with Crippen molar-refractivity contribution in [1.82, 2.24) is 14.7 Å². The van der Waals surface area contributed by atoms with Crippen LogP contribution < -0.4 is 0 Å². The molecule has 1 saturated carbocycles. The average Bonchev–Trinajstić information content (AvgIpc) is 2.78. The van der Waals surface area contributed by atoms with E-state index in [-0.39, 0.29) is 23.5 Å². The predicted octanol–water partition coefficient (Wildman–Crippen LogP) is 3.78. The molecule has 0 aromatic heterocycles. The monoisotopic (exact) mass is 439 g/mol. The first-order valence-electron chi connectivity index (χ1n) is 12.5. The van der Waals surface area contributed by atoms with Gasteiger partial charge in [0.1, 0.15) is 6.10 Å². The highest BCUT2D eigenvalue weighted by atomic mass is 16.6. The fourth-order valence-corrected chi connectivity index (χ4v) is 6.07. The van der Waals surface area contributed by atoms with Crippen LogP contribution in [0.25, 0.3) is 0 Å². The number of ether oxygens (including phenoxy) is 1. The molecule has 2 saturated heterocycles. The summed E-state index contributed by atoms with van der Waals surface area (Å²) in [6, 6.07) is 8.74. The largest absolute Gasteiger partial charge is 0.446 e. The minimum atomic E-state index is -0.0981. The van der Waals surface area contributed by atoms with Crippen molar-refractivity contribution in [2.24, 2.45) is 5.92 Å². The topological polar surface area (TPSA) is 53.1 Å². The molecule has 3 aliphatic heterocycles. The summed E-state index contributed by atoms with van der Waals surface area (Å²) in [4.78, 5) is 31.1. The molecule has 174 valence electrons. The molecule has 6 nitrogen and oxygen atoms in total. The number of benzene rings is 1. The third-order valence-corrected chi connectivity index (χ3v) is 8.41. The zero-order valence-corrected chi connectivity index (χ0v) is 19.4. The van der Waals surface area contributed by atoms with Gasteiger partial charge in [0.05, 0.1) is 0 Å². The molecule has 1 aromatic rings. The van der Waals surface area contributed by atoms with Crippen molar-refractivity contribution in [2.75, 3.05) is 39.3 Å². The van der Waals surface area contributed by atoms with Crippen LogP contribution in [0.1, 0.15) is 63.0 Å². The fourth-order valence-electron chi connectivity index (χ4n) is 6.07. The number of nitrogens with zero attached hydrogens (tertiary/aromatic N) is 3. The lowest BCUT2D eigenvalue weighted by Crippen LogP contribution is -2.53. The predicted molar refractivity (Wildman–Crippen MR) is 123 cm³/mol. The Morgan fingerprint density at radius 3 is 2.38 bits per heavy atom. The van der Waals surface area contributed by atoms with Gasteiger partial charge in [0, 0.05) is 45.1 Å². The van der Waals surface area contributed by atoms with Crippen molar-refractivity contribution < 1.29 is 14.3 Å². The summed E-state index contributed by atoms with van der Waals surface area (Å²) in [5, 5.41) is 0. The number of fused-ring (bicyclic) bond motifs is 2. The lowest BCUT2D eigenvalue weighted by Gasteiger charge is -2.49. The second-order valence-corrected chi connectivity index (χ2v) is 10.5. The van der Waals surface area contributed by atoms with Crippen molar-refractivity contribution in [2.45, 2.75) is 69.9 Å². The molecule has 1 aliphatic carbocycles. The number of carbonyl (C=O) groups excluding carboxylic acids is 2. The van der Waals surface area contributed by atoms with E-state index in [9.17, 15) is 9.59 Å². The molecule has 5 rings (SSSR count). The Morgan fingerprint density at radius 1 is 1.00 bits per heavy atom. The lowest BCUT2D eigenvalue weighted by atomic mass is 9.68. The second-order valence-electron chi connectivity index (χ2n) is 10.5. The lowest BCUT2D eigenvalue weighted by molar-refractivity contribution is -0.131. The number of piperidine rings is 2. The van der Waals surface area contributed by atoms with Crippen LogP contribution in [0, 0.1) is 5.92 Å². The van der Waals surface area contributed by atoms with Crippen molar-refractivity contribution in [1.29, 1.82) is 0 Å². The van der Waals surface area contributed by atoms with Crippen LogP contribution in [0.2, 0.25) is 0 Å². The Hall–Kier alpha value is -2.08. The van der Waals surface area contributed by atoms with Crippen molar-refractivity contribution >= 4 is 12.0 Å². The summed E-state index contributed by atoms with van der Waals surface area (Å²) in [6.07, 6.45) is 7.70. The third-order valence-electron chi connectivity index (χ3n) is 8.41. The summed E-state index contributed by atoms with van der Waals surface area (Å²) >= 11 is 0. The maximum Gasteiger partial charge on any atom is 0.410 e. The molecular weight excluding hydrogens is 402 g/mol. The summed E-state index contributed by atoms with van der Waals surface area (Å²) in [5.41, 5.74) is 2.89. The number of rotatable bonds is 3. The summed E-state index contributed by atoms with van der Waals surface area (Å²) < 4.78 is 5.58. The van der Waals surface area contributed by atoms with Crippen LogP contribution in [0.3, 0.4) is 0 Å². The Balaban J connectivity index is 1.14. The quantitative estimate of drug-likeness (QED) is 0.719. The van der Waals surface area contributed by atoms with Gasteiger partial charge in [-0.25, -0.2) is 4.79 Å². The molecule has 1 spiro atoms. The highest BCUT2D eigenvalue weighted by Crippen LogP contribution is 2.42. The highest BCUT2D eigenvalue weighted by Gasteiger charge is 2.42. The number of likely N-dealkylation sites (tertiary alicyclic amines) is 2. The van der Waals surface area contributed by atoms with E-state index in [4.69, 9.17) is 4.74 Å². The Morgan fingerprint density at radius 2 is 1.72 bits per heavy atom. The normalized spacial score (nSPS) is 24.2. The van der Waals surface area contributed by atoms with Gasteiger partial charge in [-0.15, -0.1) is 0 Å². The number of amides is 2. The molecule has 0 radical (unpaired) electrons. The summed E-state index contributed by atoms with van der Waals surface area (Å²) in [7, 11) is 0. The first kappa shape index (κ1) is 21.7. The Kier molecular flexibility index (Phi) is 6.15. The van der Waals surface area contributed by atoms with Gasteiger partial charge in [0.15, 0.2) is 0 Å². The van der Waals surface area contributed by atoms with E-state index in [1.54, 1.807) is 6.92 Å². The molecule has 3 heterocycles. The zero-order chi connectivity index (χ0) is 22.1. The van der Waals surface area contributed by atoms with Gasteiger partial charge in [-0.2, -0.15) is 0 Å². The van der Waals surface area contributed by atoms with E-state index < -0.39 is 0 Å². The van der Waals surface area contributed by atoms with Crippen LogP contribution >= 0.6 is 0 Å². The standard InChI is InChI=1S/C26H37N3O3/c1-20(30)29-18-22-5-2-3-8-24(22)26(19-29)11-15-27(16-12-26)17-21-9-13-28(14-10-21)25(31)32-23-6-4-7-23/h2-3,5,8,21,23H,4,6-7,9-19H2,1H3. The third kappa shape index (κ3) is 4.39. The average molecular weight is 440 g/mol. The summed E-state index contributed by atoms with van der Waals surface area (Å²) in [6.45, 7) is 8.26. The number of hydrogen-bond donors (Lipinski definition) is 0. The smallest absolute Gasteiger partial charge is 0.410 e. The first-order valence-corrected chi connectivity index (χ1v) is 12.5. The Bertz CT molecular complexity index is 836. The van der Waals surface area contributed by atoms with Crippen molar-refractivity contribution in [3.8, 4) is 0 Å². The van der Waals surface area contributed by atoms with Crippen LogP contribution in [0.4, 0.5) is 4.79 Å². The fraction of sp³-hybridized carbons (Fsp3) is 0.692. The zero-order valence-electron chi connectivity index (χ0n) is 19.4. The SMILES string of the molecule is CC(=O)N1Cc2ccccc2C2(CCN(CC3CCN(C(=O)OC4CCC4)CC3)CC2)C1. The molecule has 6 heteroatoms. The molecular formula is C26H37N3O3. The van der Waals surface area contributed by atoms with Gasteiger partial charge < -0.3 is 19.4 Å². The van der Waals surface area contributed by atoms with Gasteiger partial charge in [-0.1, -0.05) is 24.3 Å². The minimum absolute atomic E-state index is 0.0981. The van der Waals surface area contributed by atoms with Crippen molar-refractivity contribution in [3.05, 3.63) is 35.4 Å².